The van der Waals surface area contributed by atoms with E-state index in [0.717, 1.165) is 14.6 Å². The van der Waals surface area contributed by atoms with Crippen molar-refractivity contribution in [3.8, 4) is 22.2 Å². The summed E-state index contributed by atoms with van der Waals surface area (Å²) < 4.78 is 18.3. The lowest BCUT2D eigenvalue weighted by Crippen LogP contribution is -2.23. The summed E-state index contributed by atoms with van der Waals surface area (Å²) >= 11 is 3.05. The Morgan fingerprint density at radius 1 is 1.11 bits per heavy atom. The molecule has 4 rings (SSSR count). The third kappa shape index (κ3) is 4.29. The number of nitrogens with one attached hydrogen (secondary N) is 1. The van der Waals surface area contributed by atoms with Crippen LogP contribution in [0.5, 0.6) is 0 Å². The first-order valence-corrected chi connectivity index (χ1v) is 9.85. The number of rotatable bonds is 6. The number of aromatic nitrogens is 2. The first-order chi connectivity index (χ1) is 13.2. The van der Waals surface area contributed by atoms with Crippen molar-refractivity contribution in [1.29, 1.82) is 0 Å². The van der Waals surface area contributed by atoms with Gasteiger partial charge in [0.2, 0.25) is 11.7 Å². The van der Waals surface area contributed by atoms with Gasteiger partial charge in [-0.3, -0.25) is 4.79 Å². The van der Waals surface area contributed by atoms with Gasteiger partial charge < -0.3 is 9.84 Å². The molecule has 0 saturated heterocycles. The standard InChI is InChI=1S/C19H14FN3O2S2/c20-13-5-3-12(4-6-13)18-22-19(25-23-18)16-8-7-15(27-16)11-21-17(24)10-14-2-1-9-26-14/h1-9H,10-11H2,(H,21,24). The van der Waals surface area contributed by atoms with Gasteiger partial charge in [0.05, 0.1) is 17.8 Å². The first kappa shape index (κ1) is 17.6. The van der Waals surface area contributed by atoms with Crippen LogP contribution in [0.1, 0.15) is 9.75 Å². The second kappa shape index (κ2) is 7.81. The molecule has 0 saturated carbocycles. The van der Waals surface area contributed by atoms with Gasteiger partial charge >= 0.3 is 0 Å². The van der Waals surface area contributed by atoms with Gasteiger partial charge in [0.15, 0.2) is 0 Å². The quantitative estimate of drug-likeness (QED) is 0.517. The SMILES string of the molecule is O=C(Cc1cccs1)NCc1ccc(-c2nc(-c3ccc(F)cc3)no2)s1. The maximum Gasteiger partial charge on any atom is 0.268 e. The highest BCUT2D eigenvalue weighted by atomic mass is 32.1. The van der Waals surface area contributed by atoms with Crippen LogP contribution in [0.4, 0.5) is 4.39 Å². The number of thiophene rings is 2. The Labute approximate surface area is 162 Å². The molecule has 1 amide bonds. The van der Waals surface area contributed by atoms with Crippen LogP contribution in [0, 0.1) is 5.82 Å². The second-order valence-electron chi connectivity index (χ2n) is 5.73. The fourth-order valence-corrected chi connectivity index (χ4v) is 4.02. The number of nitrogens with zero attached hydrogens (tertiary/aromatic N) is 2. The van der Waals surface area contributed by atoms with Crippen LogP contribution in [0.15, 0.2) is 58.4 Å². The Bertz CT molecular complexity index is 1040. The van der Waals surface area contributed by atoms with E-state index < -0.39 is 0 Å². The molecule has 0 aliphatic heterocycles. The van der Waals surface area contributed by atoms with E-state index in [1.54, 1.807) is 23.5 Å². The number of carbonyl (C=O) groups excluding carboxylic acids is 1. The average Bonchev–Trinajstić information content (AvgIpc) is 3.42. The summed E-state index contributed by atoms with van der Waals surface area (Å²) in [6, 6.07) is 13.6. The highest BCUT2D eigenvalue weighted by molar-refractivity contribution is 7.15. The summed E-state index contributed by atoms with van der Waals surface area (Å²) in [6.45, 7) is 0.452. The number of benzene rings is 1. The molecule has 4 aromatic rings. The van der Waals surface area contributed by atoms with Gasteiger partial charge in [0.1, 0.15) is 5.82 Å². The lowest BCUT2D eigenvalue weighted by Gasteiger charge is -2.01. The van der Waals surface area contributed by atoms with Gasteiger partial charge in [0, 0.05) is 15.3 Å². The molecule has 27 heavy (non-hydrogen) atoms. The maximum absolute atomic E-state index is 13.0. The zero-order chi connectivity index (χ0) is 18.6. The molecule has 0 fully saturated rings. The summed E-state index contributed by atoms with van der Waals surface area (Å²) in [5.74, 6) is 0.481. The largest absolute Gasteiger partial charge is 0.351 e. The zero-order valence-electron chi connectivity index (χ0n) is 14.0. The summed E-state index contributed by atoms with van der Waals surface area (Å²) in [6.07, 6.45) is 0.389. The van der Waals surface area contributed by atoms with Crippen molar-refractivity contribution in [2.24, 2.45) is 0 Å². The topological polar surface area (TPSA) is 68.0 Å². The summed E-state index contributed by atoms with van der Waals surface area (Å²) in [7, 11) is 0. The normalized spacial score (nSPS) is 10.9. The zero-order valence-corrected chi connectivity index (χ0v) is 15.6. The molecule has 1 aromatic carbocycles. The molecular formula is C19H14FN3O2S2. The smallest absolute Gasteiger partial charge is 0.268 e. The minimum absolute atomic E-state index is 0.0104. The van der Waals surface area contributed by atoms with E-state index in [9.17, 15) is 9.18 Å². The molecule has 0 radical (unpaired) electrons. The number of carbonyl (C=O) groups is 1. The second-order valence-corrected chi connectivity index (χ2v) is 7.93. The molecule has 3 aromatic heterocycles. The molecule has 0 aliphatic rings. The van der Waals surface area contributed by atoms with Crippen LogP contribution in [0.3, 0.4) is 0 Å². The molecule has 3 heterocycles. The van der Waals surface area contributed by atoms with Gasteiger partial charge in [0.25, 0.3) is 5.89 Å². The van der Waals surface area contributed by atoms with Crippen molar-refractivity contribution in [2.75, 3.05) is 0 Å². The first-order valence-electron chi connectivity index (χ1n) is 8.15. The number of amides is 1. The highest BCUT2D eigenvalue weighted by Crippen LogP contribution is 2.28. The monoisotopic (exact) mass is 399 g/mol. The molecule has 0 atom stereocenters. The van der Waals surface area contributed by atoms with Gasteiger partial charge in [-0.15, -0.1) is 22.7 Å². The van der Waals surface area contributed by atoms with Crippen molar-refractivity contribution < 1.29 is 13.7 Å². The van der Waals surface area contributed by atoms with E-state index in [1.807, 2.05) is 29.6 Å². The number of hydrogen-bond acceptors (Lipinski definition) is 6. The summed E-state index contributed by atoms with van der Waals surface area (Å²) in [5.41, 5.74) is 0.684. The van der Waals surface area contributed by atoms with Gasteiger partial charge in [-0.25, -0.2) is 4.39 Å². The lowest BCUT2D eigenvalue weighted by molar-refractivity contribution is -0.120. The Kier molecular flexibility index (Phi) is 5.08. The third-order valence-electron chi connectivity index (χ3n) is 3.78. The molecule has 5 nitrogen and oxygen atoms in total. The van der Waals surface area contributed by atoms with Crippen molar-refractivity contribution >= 4 is 28.6 Å². The summed E-state index contributed by atoms with van der Waals surface area (Å²) in [4.78, 5) is 19.2. The van der Waals surface area contributed by atoms with Crippen molar-refractivity contribution in [3.05, 3.63) is 69.5 Å². The van der Waals surface area contributed by atoms with Crippen LogP contribution in [-0.4, -0.2) is 16.0 Å². The van der Waals surface area contributed by atoms with E-state index in [4.69, 9.17) is 4.52 Å². The van der Waals surface area contributed by atoms with E-state index in [1.165, 1.54) is 23.5 Å². The van der Waals surface area contributed by atoms with Crippen molar-refractivity contribution in [1.82, 2.24) is 15.5 Å². The fourth-order valence-electron chi connectivity index (χ4n) is 2.45. The molecule has 0 unspecified atom stereocenters. The van der Waals surface area contributed by atoms with Gasteiger partial charge in [-0.05, 0) is 47.8 Å². The molecule has 0 spiro atoms. The van der Waals surface area contributed by atoms with E-state index in [2.05, 4.69) is 15.5 Å². The van der Waals surface area contributed by atoms with Crippen molar-refractivity contribution in [3.63, 3.8) is 0 Å². The van der Waals surface area contributed by atoms with Crippen LogP contribution in [-0.2, 0) is 17.8 Å². The molecule has 8 heteroatoms. The van der Waals surface area contributed by atoms with Crippen LogP contribution < -0.4 is 5.32 Å². The molecule has 136 valence electrons. The van der Waals surface area contributed by atoms with Gasteiger partial charge in [-0.2, -0.15) is 4.98 Å². The third-order valence-corrected chi connectivity index (χ3v) is 5.73. The number of hydrogen-bond donors (Lipinski definition) is 1. The molecule has 1 N–H and O–H groups in total. The molecule has 0 bridgehead atoms. The van der Waals surface area contributed by atoms with E-state index in [-0.39, 0.29) is 11.7 Å². The van der Waals surface area contributed by atoms with Crippen LogP contribution in [0.2, 0.25) is 0 Å². The van der Waals surface area contributed by atoms with E-state index in [0.29, 0.717) is 30.2 Å². The average molecular weight is 399 g/mol. The number of halogens is 1. The highest BCUT2D eigenvalue weighted by Gasteiger charge is 2.13. The fraction of sp³-hybridized carbons (Fsp3) is 0.105. The predicted octanol–water partition coefficient (Wildman–Crippen LogP) is 4.52. The summed E-state index contributed by atoms with van der Waals surface area (Å²) in [5, 5.41) is 8.82. The van der Waals surface area contributed by atoms with Crippen LogP contribution >= 0.6 is 22.7 Å². The lowest BCUT2D eigenvalue weighted by atomic mass is 10.2. The van der Waals surface area contributed by atoms with Crippen LogP contribution in [0.25, 0.3) is 22.2 Å². The Balaban J connectivity index is 1.39. The predicted molar refractivity (Wildman–Crippen MR) is 103 cm³/mol. The minimum Gasteiger partial charge on any atom is -0.351 e. The van der Waals surface area contributed by atoms with Crippen molar-refractivity contribution in [2.45, 2.75) is 13.0 Å². The van der Waals surface area contributed by atoms with E-state index >= 15 is 0 Å². The molecule has 0 aliphatic carbocycles. The Hall–Kier alpha value is -2.84. The van der Waals surface area contributed by atoms with Gasteiger partial charge in [-0.1, -0.05) is 11.2 Å². The minimum atomic E-state index is -0.313. The Morgan fingerprint density at radius 3 is 2.74 bits per heavy atom. The Morgan fingerprint density at radius 2 is 1.96 bits per heavy atom. The maximum atomic E-state index is 13.0. The molecular weight excluding hydrogens is 385 g/mol.